The van der Waals surface area contributed by atoms with E-state index in [4.69, 9.17) is 0 Å². The Hall–Kier alpha value is -2.22. The standard InChI is InChI=1S/C21H26N2/c1-6-13-23-14-19(18-11-12-22-20(18)15(23)2)16-7-9-17(10-8-16)21(3,4)5/h7-12,14,22H,2,6,13H2,1,3-5H3. The van der Waals surface area contributed by atoms with E-state index in [2.05, 4.69) is 80.7 Å². The van der Waals surface area contributed by atoms with Crippen molar-refractivity contribution in [3.63, 3.8) is 0 Å². The average molecular weight is 306 g/mol. The van der Waals surface area contributed by atoms with Crippen molar-refractivity contribution in [1.29, 1.82) is 0 Å². The van der Waals surface area contributed by atoms with Crippen molar-refractivity contribution in [3.8, 4) is 0 Å². The van der Waals surface area contributed by atoms with Crippen molar-refractivity contribution in [3.05, 3.63) is 71.7 Å². The summed E-state index contributed by atoms with van der Waals surface area (Å²) in [6, 6.07) is 11.1. The lowest BCUT2D eigenvalue weighted by Gasteiger charge is -2.29. The van der Waals surface area contributed by atoms with E-state index in [1.807, 2.05) is 6.20 Å². The van der Waals surface area contributed by atoms with Crippen LogP contribution >= 0.6 is 0 Å². The van der Waals surface area contributed by atoms with Crippen molar-refractivity contribution in [2.75, 3.05) is 6.54 Å². The Balaban J connectivity index is 2.03. The van der Waals surface area contributed by atoms with Gasteiger partial charge in [0.05, 0.1) is 11.4 Å². The molecule has 1 N–H and O–H groups in total. The lowest BCUT2D eigenvalue weighted by atomic mass is 9.85. The summed E-state index contributed by atoms with van der Waals surface area (Å²) in [7, 11) is 0. The molecular weight excluding hydrogens is 280 g/mol. The van der Waals surface area contributed by atoms with Crippen LogP contribution in [0.5, 0.6) is 0 Å². The number of aromatic nitrogens is 1. The lowest BCUT2D eigenvalue weighted by molar-refractivity contribution is 0.522. The van der Waals surface area contributed by atoms with E-state index in [1.54, 1.807) is 0 Å². The highest BCUT2D eigenvalue weighted by molar-refractivity contribution is 5.89. The first-order valence-corrected chi connectivity index (χ1v) is 8.38. The summed E-state index contributed by atoms with van der Waals surface area (Å²) in [5.74, 6) is 0. The first-order valence-electron chi connectivity index (χ1n) is 8.38. The third-order valence-electron chi connectivity index (χ3n) is 4.48. The Kier molecular flexibility index (Phi) is 3.93. The molecule has 1 aromatic heterocycles. The van der Waals surface area contributed by atoms with Crippen LogP contribution in [0.15, 0.2) is 49.3 Å². The van der Waals surface area contributed by atoms with Gasteiger partial charge in [0, 0.05) is 30.1 Å². The minimum Gasteiger partial charge on any atom is -0.359 e. The largest absolute Gasteiger partial charge is 0.359 e. The van der Waals surface area contributed by atoms with Crippen molar-refractivity contribution >= 4 is 11.3 Å². The molecule has 3 rings (SSSR count). The first kappa shape index (κ1) is 15.7. The van der Waals surface area contributed by atoms with Crippen LogP contribution in [-0.2, 0) is 5.41 Å². The van der Waals surface area contributed by atoms with Crippen LogP contribution < -0.4 is 0 Å². The van der Waals surface area contributed by atoms with E-state index in [-0.39, 0.29) is 5.41 Å². The van der Waals surface area contributed by atoms with Gasteiger partial charge >= 0.3 is 0 Å². The topological polar surface area (TPSA) is 19.0 Å². The van der Waals surface area contributed by atoms with E-state index >= 15 is 0 Å². The predicted molar refractivity (Wildman–Crippen MR) is 99.0 cm³/mol. The number of nitrogens with zero attached hydrogens (tertiary/aromatic N) is 1. The maximum Gasteiger partial charge on any atom is 0.0695 e. The highest BCUT2D eigenvalue weighted by Gasteiger charge is 2.22. The molecule has 2 nitrogen and oxygen atoms in total. The van der Waals surface area contributed by atoms with Gasteiger partial charge in [-0.05, 0) is 29.0 Å². The molecule has 23 heavy (non-hydrogen) atoms. The molecule has 0 amide bonds. The SMILES string of the molecule is C=C1c2[nH]ccc2C(c2ccc(C(C)(C)C)cc2)=CN1CCC. The van der Waals surface area contributed by atoms with Crippen molar-refractivity contribution in [2.24, 2.45) is 0 Å². The van der Waals surface area contributed by atoms with Gasteiger partial charge in [-0.15, -0.1) is 0 Å². The van der Waals surface area contributed by atoms with Gasteiger partial charge in [0.2, 0.25) is 0 Å². The molecule has 0 bridgehead atoms. The molecule has 1 aliphatic heterocycles. The molecule has 2 heterocycles. The first-order chi connectivity index (χ1) is 10.9. The average Bonchev–Trinajstić information content (AvgIpc) is 2.99. The molecule has 0 aliphatic carbocycles. The minimum atomic E-state index is 0.182. The Bertz CT molecular complexity index is 739. The van der Waals surface area contributed by atoms with E-state index < -0.39 is 0 Å². The molecule has 0 unspecified atom stereocenters. The minimum absolute atomic E-state index is 0.182. The van der Waals surface area contributed by atoms with E-state index in [0.717, 1.165) is 24.4 Å². The summed E-state index contributed by atoms with van der Waals surface area (Å²) in [4.78, 5) is 5.60. The summed E-state index contributed by atoms with van der Waals surface area (Å²) in [5, 5.41) is 0. The van der Waals surface area contributed by atoms with Crippen LogP contribution in [0.4, 0.5) is 0 Å². The third kappa shape index (κ3) is 2.86. The molecule has 1 aromatic carbocycles. The van der Waals surface area contributed by atoms with Gasteiger partial charge < -0.3 is 9.88 Å². The number of H-pyrrole nitrogens is 1. The second kappa shape index (κ2) is 5.77. The Morgan fingerprint density at radius 3 is 2.39 bits per heavy atom. The fraction of sp³-hybridized carbons (Fsp3) is 0.333. The van der Waals surface area contributed by atoms with Gasteiger partial charge in [-0.3, -0.25) is 0 Å². The highest BCUT2D eigenvalue weighted by Crippen LogP contribution is 2.36. The molecular formula is C21H26N2. The Morgan fingerprint density at radius 1 is 1.09 bits per heavy atom. The molecule has 2 aromatic rings. The van der Waals surface area contributed by atoms with Crippen LogP contribution in [0.25, 0.3) is 11.3 Å². The van der Waals surface area contributed by atoms with E-state index in [1.165, 1.54) is 22.3 Å². The normalized spacial score (nSPS) is 14.7. The second-order valence-corrected chi connectivity index (χ2v) is 7.28. The summed E-state index contributed by atoms with van der Waals surface area (Å²) in [6.45, 7) is 14.2. The number of fused-ring (bicyclic) bond motifs is 1. The van der Waals surface area contributed by atoms with Gasteiger partial charge in [0.15, 0.2) is 0 Å². The van der Waals surface area contributed by atoms with Crippen molar-refractivity contribution in [1.82, 2.24) is 9.88 Å². The number of benzene rings is 1. The molecule has 0 saturated heterocycles. The van der Waals surface area contributed by atoms with Gasteiger partial charge in [-0.2, -0.15) is 0 Å². The molecule has 0 spiro atoms. The highest BCUT2D eigenvalue weighted by atomic mass is 15.1. The van der Waals surface area contributed by atoms with Crippen molar-refractivity contribution in [2.45, 2.75) is 39.5 Å². The fourth-order valence-corrected chi connectivity index (χ4v) is 3.10. The zero-order valence-corrected chi connectivity index (χ0v) is 14.6. The molecule has 0 fully saturated rings. The number of hydrogen-bond acceptors (Lipinski definition) is 1. The second-order valence-electron chi connectivity index (χ2n) is 7.28. The van der Waals surface area contributed by atoms with Crippen LogP contribution in [-0.4, -0.2) is 16.4 Å². The van der Waals surface area contributed by atoms with Crippen LogP contribution in [0, 0.1) is 0 Å². The van der Waals surface area contributed by atoms with Gasteiger partial charge in [0.25, 0.3) is 0 Å². The molecule has 0 atom stereocenters. The maximum atomic E-state index is 4.25. The zero-order chi connectivity index (χ0) is 16.6. The Labute approximate surface area is 139 Å². The fourth-order valence-electron chi connectivity index (χ4n) is 3.10. The van der Waals surface area contributed by atoms with Crippen molar-refractivity contribution < 1.29 is 0 Å². The monoisotopic (exact) mass is 306 g/mol. The zero-order valence-electron chi connectivity index (χ0n) is 14.6. The van der Waals surface area contributed by atoms with E-state index in [0.29, 0.717) is 0 Å². The lowest BCUT2D eigenvalue weighted by Crippen LogP contribution is -2.21. The smallest absolute Gasteiger partial charge is 0.0695 e. The summed E-state index contributed by atoms with van der Waals surface area (Å²) < 4.78 is 0. The number of nitrogens with one attached hydrogen (secondary N) is 1. The van der Waals surface area contributed by atoms with Gasteiger partial charge in [-0.1, -0.05) is 58.5 Å². The van der Waals surface area contributed by atoms with E-state index in [9.17, 15) is 0 Å². The summed E-state index contributed by atoms with van der Waals surface area (Å²) >= 11 is 0. The van der Waals surface area contributed by atoms with Crippen LogP contribution in [0.1, 0.15) is 56.5 Å². The molecule has 0 saturated carbocycles. The third-order valence-corrected chi connectivity index (χ3v) is 4.48. The quantitative estimate of drug-likeness (QED) is 0.804. The predicted octanol–water partition coefficient (Wildman–Crippen LogP) is 5.40. The molecule has 0 radical (unpaired) electrons. The van der Waals surface area contributed by atoms with Gasteiger partial charge in [0.1, 0.15) is 0 Å². The number of aromatic amines is 1. The van der Waals surface area contributed by atoms with Crippen LogP contribution in [0.2, 0.25) is 0 Å². The maximum absolute atomic E-state index is 4.25. The Morgan fingerprint density at radius 2 is 1.78 bits per heavy atom. The molecule has 2 heteroatoms. The number of rotatable bonds is 3. The molecule has 120 valence electrons. The van der Waals surface area contributed by atoms with Gasteiger partial charge in [-0.25, -0.2) is 0 Å². The molecule has 1 aliphatic rings. The summed E-state index contributed by atoms with van der Waals surface area (Å²) in [5.41, 5.74) is 7.50. The summed E-state index contributed by atoms with van der Waals surface area (Å²) in [6.07, 6.45) is 5.35. The number of hydrogen-bond donors (Lipinski definition) is 1. The van der Waals surface area contributed by atoms with Crippen LogP contribution in [0.3, 0.4) is 0 Å².